The molecule has 3 atom stereocenters. The third kappa shape index (κ3) is 6.91. The van der Waals surface area contributed by atoms with Crippen LogP contribution in [0, 0.1) is 5.92 Å². The van der Waals surface area contributed by atoms with E-state index < -0.39 is 0 Å². The number of hydrogen-bond donors (Lipinski definition) is 2. The average molecular weight is 215 g/mol. The second kappa shape index (κ2) is 9.17. The van der Waals surface area contributed by atoms with Gasteiger partial charge in [-0.2, -0.15) is 0 Å². The second-order valence-corrected chi connectivity index (χ2v) is 4.61. The quantitative estimate of drug-likeness (QED) is 0.620. The van der Waals surface area contributed by atoms with Crippen molar-refractivity contribution in [1.82, 2.24) is 5.32 Å². The largest absolute Gasteiger partial charge is 0.392 e. The predicted octanol–water partition coefficient (Wildman–Crippen LogP) is 2.95. The van der Waals surface area contributed by atoms with Crippen LogP contribution in [0.4, 0.5) is 0 Å². The lowest BCUT2D eigenvalue weighted by atomic mass is 10.0. The van der Waals surface area contributed by atoms with E-state index in [1.54, 1.807) is 0 Å². The van der Waals surface area contributed by atoms with Crippen LogP contribution in [-0.4, -0.2) is 23.8 Å². The highest BCUT2D eigenvalue weighted by Gasteiger charge is 2.13. The SMILES string of the molecule is CCCCC(CC)NCC(O)C(C)CC. The first kappa shape index (κ1) is 14.9. The number of nitrogens with one attached hydrogen (secondary N) is 1. The molecule has 0 aromatic rings. The highest BCUT2D eigenvalue weighted by atomic mass is 16.3. The Bertz CT molecular complexity index is 138. The van der Waals surface area contributed by atoms with Gasteiger partial charge in [0, 0.05) is 12.6 Å². The molecule has 0 spiro atoms. The van der Waals surface area contributed by atoms with Gasteiger partial charge in [-0.05, 0) is 18.8 Å². The van der Waals surface area contributed by atoms with Gasteiger partial charge in [-0.25, -0.2) is 0 Å². The maximum atomic E-state index is 9.83. The van der Waals surface area contributed by atoms with E-state index in [1.165, 1.54) is 19.3 Å². The van der Waals surface area contributed by atoms with Gasteiger partial charge >= 0.3 is 0 Å². The van der Waals surface area contributed by atoms with Crippen molar-refractivity contribution in [3.8, 4) is 0 Å². The standard InChI is InChI=1S/C13H29NO/c1-5-8-9-12(7-3)14-10-13(15)11(4)6-2/h11-15H,5-10H2,1-4H3. The van der Waals surface area contributed by atoms with Crippen molar-refractivity contribution in [3.63, 3.8) is 0 Å². The number of unbranched alkanes of at least 4 members (excludes halogenated alkanes) is 1. The molecule has 92 valence electrons. The molecule has 0 aliphatic carbocycles. The zero-order valence-electron chi connectivity index (χ0n) is 10.9. The summed E-state index contributed by atoms with van der Waals surface area (Å²) in [6, 6.07) is 0.587. The second-order valence-electron chi connectivity index (χ2n) is 4.61. The molecule has 0 rings (SSSR count). The number of rotatable bonds is 9. The van der Waals surface area contributed by atoms with E-state index >= 15 is 0 Å². The zero-order valence-corrected chi connectivity index (χ0v) is 10.9. The topological polar surface area (TPSA) is 32.3 Å². The third-order valence-corrected chi connectivity index (χ3v) is 3.32. The molecule has 2 nitrogen and oxygen atoms in total. The summed E-state index contributed by atoms with van der Waals surface area (Å²) in [5.74, 6) is 0.404. The van der Waals surface area contributed by atoms with Crippen molar-refractivity contribution in [3.05, 3.63) is 0 Å². The molecule has 0 aromatic heterocycles. The summed E-state index contributed by atoms with van der Waals surface area (Å²) >= 11 is 0. The minimum Gasteiger partial charge on any atom is -0.392 e. The summed E-state index contributed by atoms with van der Waals surface area (Å²) in [5, 5.41) is 13.3. The van der Waals surface area contributed by atoms with Gasteiger partial charge in [0.05, 0.1) is 6.10 Å². The normalized spacial score (nSPS) is 17.4. The number of hydrogen-bond acceptors (Lipinski definition) is 2. The van der Waals surface area contributed by atoms with Crippen LogP contribution in [0.1, 0.15) is 59.8 Å². The Morgan fingerprint density at radius 3 is 2.27 bits per heavy atom. The Hall–Kier alpha value is -0.0800. The van der Waals surface area contributed by atoms with Crippen LogP contribution < -0.4 is 5.32 Å². The van der Waals surface area contributed by atoms with Crippen molar-refractivity contribution in [1.29, 1.82) is 0 Å². The van der Waals surface area contributed by atoms with Crippen LogP contribution in [-0.2, 0) is 0 Å². The van der Waals surface area contributed by atoms with Gasteiger partial charge in [0.25, 0.3) is 0 Å². The lowest BCUT2D eigenvalue weighted by Crippen LogP contribution is -2.37. The van der Waals surface area contributed by atoms with Gasteiger partial charge in [-0.3, -0.25) is 0 Å². The molecule has 0 saturated heterocycles. The Morgan fingerprint density at radius 1 is 1.13 bits per heavy atom. The van der Waals surface area contributed by atoms with Crippen molar-refractivity contribution in [2.45, 2.75) is 71.9 Å². The lowest BCUT2D eigenvalue weighted by molar-refractivity contribution is 0.109. The van der Waals surface area contributed by atoms with Crippen molar-refractivity contribution in [2.24, 2.45) is 5.92 Å². The van der Waals surface area contributed by atoms with Crippen LogP contribution in [0.2, 0.25) is 0 Å². The molecule has 0 aromatic carbocycles. The Labute approximate surface area is 95.5 Å². The molecule has 0 aliphatic rings. The molecule has 0 heterocycles. The Kier molecular flexibility index (Phi) is 9.12. The molecule has 2 heteroatoms. The molecule has 2 N–H and O–H groups in total. The molecular weight excluding hydrogens is 186 g/mol. The maximum absolute atomic E-state index is 9.83. The van der Waals surface area contributed by atoms with Gasteiger partial charge in [0.2, 0.25) is 0 Å². The highest BCUT2D eigenvalue weighted by molar-refractivity contribution is 4.71. The molecule has 0 fully saturated rings. The molecule has 0 saturated carbocycles. The summed E-state index contributed by atoms with van der Waals surface area (Å²) in [6.45, 7) is 9.42. The van der Waals surface area contributed by atoms with E-state index in [9.17, 15) is 5.11 Å². The van der Waals surface area contributed by atoms with Gasteiger partial charge in [-0.15, -0.1) is 0 Å². The lowest BCUT2D eigenvalue weighted by Gasteiger charge is -2.22. The minimum absolute atomic E-state index is 0.189. The fourth-order valence-corrected chi connectivity index (χ4v) is 1.66. The summed E-state index contributed by atoms with van der Waals surface area (Å²) in [4.78, 5) is 0. The molecule has 0 amide bonds. The van der Waals surface area contributed by atoms with Gasteiger partial charge < -0.3 is 10.4 Å². The first-order valence-electron chi connectivity index (χ1n) is 6.57. The molecule has 0 bridgehead atoms. The van der Waals surface area contributed by atoms with Crippen molar-refractivity contribution < 1.29 is 5.11 Å². The van der Waals surface area contributed by atoms with Crippen LogP contribution in [0.25, 0.3) is 0 Å². The monoisotopic (exact) mass is 215 g/mol. The Balaban J connectivity index is 3.69. The van der Waals surface area contributed by atoms with E-state index in [-0.39, 0.29) is 6.10 Å². The van der Waals surface area contributed by atoms with Gasteiger partial charge in [0.15, 0.2) is 0 Å². The Morgan fingerprint density at radius 2 is 1.80 bits per heavy atom. The van der Waals surface area contributed by atoms with Crippen LogP contribution in [0.15, 0.2) is 0 Å². The van der Waals surface area contributed by atoms with Gasteiger partial charge in [0.1, 0.15) is 0 Å². The van der Waals surface area contributed by atoms with E-state index in [0.717, 1.165) is 19.4 Å². The average Bonchev–Trinajstić information content (AvgIpc) is 2.27. The van der Waals surface area contributed by atoms with Crippen LogP contribution in [0.5, 0.6) is 0 Å². The molecule has 0 radical (unpaired) electrons. The first-order chi connectivity index (χ1) is 7.15. The van der Waals surface area contributed by atoms with Crippen molar-refractivity contribution in [2.75, 3.05) is 6.54 Å². The fraction of sp³-hybridized carbons (Fsp3) is 1.00. The number of aliphatic hydroxyl groups is 1. The van der Waals surface area contributed by atoms with E-state index in [1.807, 2.05) is 0 Å². The minimum atomic E-state index is -0.189. The van der Waals surface area contributed by atoms with Gasteiger partial charge in [-0.1, -0.05) is 47.0 Å². The molecule has 0 aliphatic heterocycles. The first-order valence-corrected chi connectivity index (χ1v) is 6.57. The van der Waals surface area contributed by atoms with Crippen LogP contribution >= 0.6 is 0 Å². The molecular formula is C13H29NO. The highest BCUT2D eigenvalue weighted by Crippen LogP contribution is 2.08. The number of aliphatic hydroxyl groups excluding tert-OH is 1. The third-order valence-electron chi connectivity index (χ3n) is 3.32. The molecule has 15 heavy (non-hydrogen) atoms. The van der Waals surface area contributed by atoms with E-state index in [2.05, 4.69) is 33.0 Å². The zero-order chi connectivity index (χ0) is 11.7. The summed E-state index contributed by atoms with van der Waals surface area (Å²) in [7, 11) is 0. The van der Waals surface area contributed by atoms with E-state index in [0.29, 0.717) is 12.0 Å². The maximum Gasteiger partial charge on any atom is 0.0690 e. The summed E-state index contributed by atoms with van der Waals surface area (Å²) in [5.41, 5.74) is 0. The smallest absolute Gasteiger partial charge is 0.0690 e. The predicted molar refractivity (Wildman–Crippen MR) is 67.1 cm³/mol. The summed E-state index contributed by atoms with van der Waals surface area (Å²) in [6.07, 6.45) is 5.80. The van der Waals surface area contributed by atoms with E-state index in [4.69, 9.17) is 0 Å². The van der Waals surface area contributed by atoms with Crippen molar-refractivity contribution >= 4 is 0 Å². The fourth-order valence-electron chi connectivity index (χ4n) is 1.66. The summed E-state index contributed by atoms with van der Waals surface area (Å²) < 4.78 is 0. The molecule has 3 unspecified atom stereocenters. The van der Waals surface area contributed by atoms with Crippen LogP contribution in [0.3, 0.4) is 0 Å².